The van der Waals surface area contributed by atoms with Gasteiger partial charge in [-0.1, -0.05) is 19.9 Å². The smallest absolute Gasteiger partial charge is 0.217 e. The first-order valence-electron chi connectivity index (χ1n) is 4.78. The van der Waals surface area contributed by atoms with Gasteiger partial charge in [-0.2, -0.15) is 0 Å². The molecule has 0 aromatic heterocycles. The average Bonchev–Trinajstić information content (AvgIpc) is 2.23. The summed E-state index contributed by atoms with van der Waals surface area (Å²) in [6, 6.07) is 3.52. The number of rotatable bonds is 2. The number of hydrogen-bond acceptors (Lipinski definition) is 1. The minimum atomic E-state index is -0.900. The van der Waals surface area contributed by atoms with Crippen LogP contribution in [0.5, 0.6) is 0 Å². The Bertz CT molecular complexity index is 326. The van der Waals surface area contributed by atoms with Gasteiger partial charge in [0.1, 0.15) is 0 Å². The Hall–Kier alpha value is -1.45. The van der Waals surface area contributed by atoms with Crippen molar-refractivity contribution in [2.45, 2.75) is 27.3 Å². The van der Waals surface area contributed by atoms with Gasteiger partial charge in [0, 0.05) is 13.5 Å². The fraction of sp³-hybridized carbons (Fsp3) is 0.364. The van der Waals surface area contributed by atoms with Gasteiger partial charge in [0.15, 0.2) is 11.6 Å². The summed E-state index contributed by atoms with van der Waals surface area (Å²) in [5, 5.41) is 2.48. The van der Waals surface area contributed by atoms with Gasteiger partial charge in [-0.05, 0) is 17.7 Å². The van der Waals surface area contributed by atoms with Gasteiger partial charge in [-0.15, -0.1) is 0 Å². The zero-order valence-electron chi connectivity index (χ0n) is 9.10. The summed E-state index contributed by atoms with van der Waals surface area (Å²) in [4.78, 5) is 10.5. The number of amides is 1. The predicted octanol–water partition coefficient (Wildman–Crippen LogP) is 2.63. The average molecular weight is 215 g/mol. The number of halogens is 2. The van der Waals surface area contributed by atoms with Gasteiger partial charge in [0.2, 0.25) is 5.91 Å². The van der Waals surface area contributed by atoms with E-state index in [-0.39, 0.29) is 12.5 Å². The van der Waals surface area contributed by atoms with Crippen molar-refractivity contribution in [3.05, 3.63) is 35.4 Å². The topological polar surface area (TPSA) is 29.1 Å². The number of nitrogens with one attached hydrogen (secondary N) is 1. The van der Waals surface area contributed by atoms with Crippen LogP contribution in [0.2, 0.25) is 0 Å². The minimum Gasteiger partial charge on any atom is -0.352 e. The van der Waals surface area contributed by atoms with Gasteiger partial charge in [-0.3, -0.25) is 4.79 Å². The summed E-state index contributed by atoms with van der Waals surface area (Å²) in [6.07, 6.45) is 0. The van der Waals surface area contributed by atoms with E-state index in [1.165, 1.54) is 13.0 Å². The normalized spacial score (nSPS) is 8.87. The third-order valence-corrected chi connectivity index (χ3v) is 1.53. The van der Waals surface area contributed by atoms with Crippen LogP contribution in [0.15, 0.2) is 18.2 Å². The highest BCUT2D eigenvalue weighted by atomic mass is 19.2. The van der Waals surface area contributed by atoms with Crippen molar-refractivity contribution in [1.82, 2.24) is 5.32 Å². The second kappa shape index (κ2) is 6.92. The van der Waals surface area contributed by atoms with Crippen molar-refractivity contribution in [2.75, 3.05) is 0 Å². The van der Waals surface area contributed by atoms with Gasteiger partial charge >= 0.3 is 0 Å². The number of carbonyl (C=O) groups is 1. The molecule has 0 bridgehead atoms. The lowest BCUT2D eigenvalue weighted by molar-refractivity contribution is -0.119. The summed E-state index contributed by atoms with van der Waals surface area (Å²) >= 11 is 0. The van der Waals surface area contributed by atoms with E-state index in [9.17, 15) is 13.6 Å². The number of hydrogen-bond donors (Lipinski definition) is 1. The van der Waals surface area contributed by atoms with E-state index in [1.54, 1.807) is 0 Å². The maximum absolute atomic E-state index is 12.6. The van der Waals surface area contributed by atoms with Crippen molar-refractivity contribution in [2.24, 2.45) is 0 Å². The fourth-order valence-electron chi connectivity index (χ4n) is 0.876. The quantitative estimate of drug-likeness (QED) is 0.807. The first kappa shape index (κ1) is 13.5. The molecule has 1 aromatic carbocycles. The molecule has 0 heterocycles. The van der Waals surface area contributed by atoms with E-state index in [0.717, 1.165) is 12.1 Å². The molecule has 1 rings (SSSR count). The molecular formula is C11H15F2NO. The third kappa shape index (κ3) is 5.10. The monoisotopic (exact) mass is 215 g/mol. The molecule has 15 heavy (non-hydrogen) atoms. The maximum Gasteiger partial charge on any atom is 0.217 e. The Morgan fingerprint density at radius 3 is 2.33 bits per heavy atom. The molecule has 0 spiro atoms. The summed E-state index contributed by atoms with van der Waals surface area (Å²) in [5.74, 6) is -1.99. The van der Waals surface area contributed by atoms with Crippen LogP contribution in [-0.2, 0) is 11.3 Å². The Kier molecular flexibility index (Phi) is 6.25. The molecule has 0 saturated carbocycles. The minimum absolute atomic E-state index is 0.204. The van der Waals surface area contributed by atoms with Crippen LogP contribution in [0, 0.1) is 11.6 Å². The standard InChI is InChI=1S/C9H9F2NO.C2H6/c1-6(13)12-5-7-2-3-8(10)9(11)4-7;1-2/h2-4H,5H2,1H3,(H,12,13);1-2H3. The zero-order valence-corrected chi connectivity index (χ0v) is 9.10. The Morgan fingerprint density at radius 2 is 1.87 bits per heavy atom. The molecular weight excluding hydrogens is 200 g/mol. The van der Waals surface area contributed by atoms with Gasteiger partial charge in [0.05, 0.1) is 0 Å². The second-order valence-corrected chi connectivity index (χ2v) is 2.66. The van der Waals surface area contributed by atoms with Crippen LogP contribution in [0.25, 0.3) is 0 Å². The van der Waals surface area contributed by atoms with Crippen molar-refractivity contribution >= 4 is 5.91 Å². The molecule has 1 N–H and O–H groups in total. The lowest BCUT2D eigenvalue weighted by Crippen LogP contribution is -2.18. The second-order valence-electron chi connectivity index (χ2n) is 2.66. The first-order chi connectivity index (χ1) is 7.09. The summed E-state index contributed by atoms with van der Waals surface area (Å²) in [5.41, 5.74) is 0.536. The zero-order chi connectivity index (χ0) is 11.8. The molecule has 0 unspecified atom stereocenters. The molecule has 1 aromatic rings. The molecule has 2 nitrogen and oxygen atoms in total. The van der Waals surface area contributed by atoms with Crippen molar-refractivity contribution < 1.29 is 13.6 Å². The van der Waals surface area contributed by atoms with Crippen LogP contribution in [0.4, 0.5) is 8.78 Å². The van der Waals surface area contributed by atoms with Crippen LogP contribution in [0.3, 0.4) is 0 Å². The lowest BCUT2D eigenvalue weighted by Gasteiger charge is -2.02. The van der Waals surface area contributed by atoms with Gasteiger partial charge in [0.25, 0.3) is 0 Å². The molecule has 0 aliphatic carbocycles. The van der Waals surface area contributed by atoms with Crippen molar-refractivity contribution in [3.8, 4) is 0 Å². The molecule has 1 amide bonds. The molecule has 4 heteroatoms. The maximum atomic E-state index is 12.6. The predicted molar refractivity (Wildman–Crippen MR) is 55.2 cm³/mol. The van der Waals surface area contributed by atoms with E-state index in [0.29, 0.717) is 5.56 Å². The molecule has 0 fully saturated rings. The third-order valence-electron chi connectivity index (χ3n) is 1.53. The van der Waals surface area contributed by atoms with Gasteiger partial charge < -0.3 is 5.32 Å². The van der Waals surface area contributed by atoms with E-state index in [2.05, 4.69) is 5.32 Å². The van der Waals surface area contributed by atoms with Crippen LogP contribution < -0.4 is 5.32 Å². The highest BCUT2D eigenvalue weighted by Gasteiger charge is 2.02. The number of benzene rings is 1. The Labute approximate surface area is 88.3 Å². The van der Waals surface area contributed by atoms with Crippen LogP contribution in [0.1, 0.15) is 26.3 Å². The van der Waals surface area contributed by atoms with E-state index in [4.69, 9.17) is 0 Å². The molecule has 0 saturated heterocycles. The Morgan fingerprint density at radius 1 is 1.27 bits per heavy atom. The lowest BCUT2D eigenvalue weighted by atomic mass is 10.2. The summed E-state index contributed by atoms with van der Waals surface area (Å²) in [7, 11) is 0. The van der Waals surface area contributed by atoms with Crippen LogP contribution >= 0.6 is 0 Å². The first-order valence-corrected chi connectivity index (χ1v) is 4.78. The van der Waals surface area contributed by atoms with E-state index in [1.807, 2.05) is 13.8 Å². The van der Waals surface area contributed by atoms with Crippen LogP contribution in [-0.4, -0.2) is 5.91 Å². The number of carbonyl (C=O) groups excluding carboxylic acids is 1. The highest BCUT2D eigenvalue weighted by molar-refractivity contribution is 5.72. The molecule has 0 atom stereocenters. The highest BCUT2D eigenvalue weighted by Crippen LogP contribution is 2.07. The molecule has 0 radical (unpaired) electrons. The summed E-state index contributed by atoms with van der Waals surface area (Å²) < 4.78 is 25.1. The van der Waals surface area contributed by atoms with Gasteiger partial charge in [-0.25, -0.2) is 8.78 Å². The fourth-order valence-corrected chi connectivity index (χ4v) is 0.876. The Balaban J connectivity index is 0.000000921. The molecule has 84 valence electrons. The van der Waals surface area contributed by atoms with Crippen molar-refractivity contribution in [3.63, 3.8) is 0 Å². The molecule has 0 aliphatic rings. The summed E-state index contributed by atoms with van der Waals surface area (Å²) in [6.45, 7) is 5.58. The van der Waals surface area contributed by atoms with E-state index < -0.39 is 11.6 Å². The van der Waals surface area contributed by atoms with E-state index >= 15 is 0 Å². The largest absolute Gasteiger partial charge is 0.352 e. The molecule has 0 aliphatic heterocycles. The van der Waals surface area contributed by atoms with Crippen molar-refractivity contribution in [1.29, 1.82) is 0 Å². The SMILES string of the molecule is CC.CC(=O)NCc1ccc(F)c(F)c1.